The Labute approximate surface area is 125 Å². The summed E-state index contributed by atoms with van der Waals surface area (Å²) in [7, 11) is 0. The largest absolute Gasteiger partial charge is 0.381 e. The van der Waals surface area contributed by atoms with Crippen molar-refractivity contribution < 1.29 is 4.74 Å². The van der Waals surface area contributed by atoms with Crippen LogP contribution in [0.25, 0.3) is 0 Å². The van der Waals surface area contributed by atoms with Crippen molar-refractivity contribution in [3.05, 3.63) is 0 Å². The van der Waals surface area contributed by atoms with Gasteiger partial charge in [-0.15, -0.1) is 0 Å². The van der Waals surface area contributed by atoms with Gasteiger partial charge in [0.1, 0.15) is 0 Å². The van der Waals surface area contributed by atoms with E-state index in [9.17, 15) is 0 Å². The summed E-state index contributed by atoms with van der Waals surface area (Å²) in [6.45, 7) is 14.6. The minimum Gasteiger partial charge on any atom is -0.381 e. The van der Waals surface area contributed by atoms with Crippen LogP contribution >= 0.6 is 0 Å². The first-order chi connectivity index (χ1) is 9.58. The molecule has 0 aromatic heterocycles. The van der Waals surface area contributed by atoms with Gasteiger partial charge in [-0.25, -0.2) is 0 Å². The van der Waals surface area contributed by atoms with Crippen LogP contribution in [-0.4, -0.2) is 49.8 Å². The molecule has 1 saturated heterocycles. The van der Waals surface area contributed by atoms with Crippen LogP contribution in [-0.2, 0) is 4.74 Å². The molecule has 0 aromatic carbocycles. The van der Waals surface area contributed by atoms with Crippen LogP contribution < -0.4 is 5.32 Å². The first kappa shape index (κ1) is 16.3. The van der Waals surface area contributed by atoms with Gasteiger partial charge in [0.25, 0.3) is 0 Å². The standard InChI is InChI=1S/C17H34N2O/c1-13(2)12-20-9-5-8-19-11-16(15-6-7-15)18-10-17(19)14(3)4/h13-18H,5-12H2,1-4H3. The van der Waals surface area contributed by atoms with Gasteiger partial charge in [-0.3, -0.25) is 4.90 Å². The minimum absolute atomic E-state index is 0.650. The Morgan fingerprint density at radius 1 is 1.20 bits per heavy atom. The first-order valence-corrected chi connectivity index (χ1v) is 8.63. The lowest BCUT2D eigenvalue weighted by molar-refractivity contribution is 0.0649. The quantitative estimate of drug-likeness (QED) is 0.693. The Bertz CT molecular complexity index is 276. The Kier molecular flexibility index (Phi) is 6.31. The number of ether oxygens (including phenoxy) is 1. The third-order valence-electron chi connectivity index (χ3n) is 4.64. The highest BCUT2D eigenvalue weighted by Crippen LogP contribution is 2.34. The van der Waals surface area contributed by atoms with Crippen LogP contribution in [0.3, 0.4) is 0 Å². The highest BCUT2D eigenvalue weighted by molar-refractivity contribution is 4.95. The van der Waals surface area contributed by atoms with Gasteiger partial charge in [-0.1, -0.05) is 27.7 Å². The van der Waals surface area contributed by atoms with Crippen LogP contribution in [0.4, 0.5) is 0 Å². The van der Waals surface area contributed by atoms with Gasteiger partial charge in [-0.2, -0.15) is 0 Å². The molecule has 118 valence electrons. The van der Waals surface area contributed by atoms with E-state index in [1.165, 1.54) is 38.9 Å². The predicted octanol–water partition coefficient (Wildman–Crippen LogP) is 2.76. The predicted molar refractivity (Wildman–Crippen MR) is 85.0 cm³/mol. The van der Waals surface area contributed by atoms with Gasteiger partial charge in [0.05, 0.1) is 0 Å². The maximum atomic E-state index is 5.73. The van der Waals surface area contributed by atoms with E-state index >= 15 is 0 Å². The van der Waals surface area contributed by atoms with Gasteiger partial charge in [0.2, 0.25) is 0 Å². The van der Waals surface area contributed by atoms with E-state index in [0.717, 1.165) is 31.1 Å². The molecule has 1 N–H and O–H groups in total. The molecule has 2 unspecified atom stereocenters. The lowest BCUT2D eigenvalue weighted by Crippen LogP contribution is -2.59. The lowest BCUT2D eigenvalue weighted by Gasteiger charge is -2.42. The molecule has 0 bridgehead atoms. The highest BCUT2D eigenvalue weighted by Gasteiger charge is 2.37. The Morgan fingerprint density at radius 3 is 2.55 bits per heavy atom. The van der Waals surface area contributed by atoms with E-state index in [1.54, 1.807) is 0 Å². The number of nitrogens with one attached hydrogen (secondary N) is 1. The third-order valence-corrected chi connectivity index (χ3v) is 4.64. The van der Waals surface area contributed by atoms with E-state index in [1.807, 2.05) is 0 Å². The number of hydrogen-bond acceptors (Lipinski definition) is 3. The van der Waals surface area contributed by atoms with Crippen molar-refractivity contribution in [1.82, 2.24) is 10.2 Å². The second-order valence-electron chi connectivity index (χ2n) is 7.48. The molecule has 0 radical (unpaired) electrons. The fourth-order valence-electron chi connectivity index (χ4n) is 3.27. The van der Waals surface area contributed by atoms with Gasteiger partial charge < -0.3 is 10.1 Å². The minimum atomic E-state index is 0.650. The summed E-state index contributed by atoms with van der Waals surface area (Å²) < 4.78 is 5.73. The monoisotopic (exact) mass is 282 g/mol. The molecule has 1 aliphatic carbocycles. The van der Waals surface area contributed by atoms with Gasteiger partial charge in [-0.05, 0) is 37.0 Å². The molecule has 20 heavy (non-hydrogen) atoms. The van der Waals surface area contributed by atoms with Crippen LogP contribution in [0.2, 0.25) is 0 Å². The van der Waals surface area contributed by atoms with E-state index in [4.69, 9.17) is 4.74 Å². The molecule has 3 heteroatoms. The normalized spacial score (nSPS) is 28.5. The summed E-state index contributed by atoms with van der Waals surface area (Å²) in [5.74, 6) is 2.35. The summed E-state index contributed by atoms with van der Waals surface area (Å²) in [4.78, 5) is 2.73. The highest BCUT2D eigenvalue weighted by atomic mass is 16.5. The van der Waals surface area contributed by atoms with Crippen molar-refractivity contribution in [2.24, 2.45) is 17.8 Å². The number of nitrogens with zero attached hydrogens (tertiary/aromatic N) is 1. The fraction of sp³-hybridized carbons (Fsp3) is 1.00. The lowest BCUT2D eigenvalue weighted by atomic mass is 9.97. The Hall–Kier alpha value is -0.120. The third kappa shape index (κ3) is 5.01. The van der Waals surface area contributed by atoms with E-state index in [-0.39, 0.29) is 0 Å². The van der Waals surface area contributed by atoms with Crippen LogP contribution in [0.5, 0.6) is 0 Å². The molecular weight excluding hydrogens is 248 g/mol. The summed E-state index contributed by atoms with van der Waals surface area (Å²) in [5.41, 5.74) is 0. The molecule has 2 rings (SSSR count). The molecule has 2 atom stereocenters. The van der Waals surface area contributed by atoms with Crippen molar-refractivity contribution in [3.63, 3.8) is 0 Å². The average molecular weight is 282 g/mol. The summed E-state index contributed by atoms with van der Waals surface area (Å²) in [6, 6.07) is 1.46. The smallest absolute Gasteiger partial charge is 0.0489 e. The van der Waals surface area contributed by atoms with Crippen LogP contribution in [0.1, 0.15) is 47.0 Å². The molecule has 0 aromatic rings. The van der Waals surface area contributed by atoms with E-state index < -0.39 is 0 Å². The van der Waals surface area contributed by atoms with Gasteiger partial charge >= 0.3 is 0 Å². The maximum absolute atomic E-state index is 5.73. The van der Waals surface area contributed by atoms with Crippen molar-refractivity contribution in [3.8, 4) is 0 Å². The van der Waals surface area contributed by atoms with E-state index in [0.29, 0.717) is 12.0 Å². The Morgan fingerprint density at radius 2 is 1.95 bits per heavy atom. The Balaban J connectivity index is 1.72. The molecule has 2 aliphatic rings. The fourth-order valence-corrected chi connectivity index (χ4v) is 3.27. The summed E-state index contributed by atoms with van der Waals surface area (Å²) in [6.07, 6.45) is 4.05. The summed E-state index contributed by atoms with van der Waals surface area (Å²) >= 11 is 0. The van der Waals surface area contributed by atoms with E-state index in [2.05, 4.69) is 37.9 Å². The molecular formula is C17H34N2O. The zero-order valence-corrected chi connectivity index (χ0v) is 13.9. The van der Waals surface area contributed by atoms with Crippen molar-refractivity contribution in [1.29, 1.82) is 0 Å². The van der Waals surface area contributed by atoms with Crippen molar-refractivity contribution in [2.45, 2.75) is 59.0 Å². The second-order valence-corrected chi connectivity index (χ2v) is 7.48. The SMILES string of the molecule is CC(C)COCCCN1CC(C2CC2)NCC1C(C)C. The number of piperazine rings is 1. The molecule has 1 heterocycles. The molecule has 3 nitrogen and oxygen atoms in total. The number of hydrogen-bond donors (Lipinski definition) is 1. The van der Waals surface area contributed by atoms with Crippen molar-refractivity contribution in [2.75, 3.05) is 32.8 Å². The molecule has 1 aliphatic heterocycles. The van der Waals surface area contributed by atoms with Gasteiger partial charge in [0.15, 0.2) is 0 Å². The van der Waals surface area contributed by atoms with Gasteiger partial charge in [0, 0.05) is 44.9 Å². The zero-order valence-electron chi connectivity index (χ0n) is 13.9. The van der Waals surface area contributed by atoms with Crippen LogP contribution in [0, 0.1) is 17.8 Å². The summed E-state index contributed by atoms with van der Waals surface area (Å²) in [5, 5.41) is 3.79. The zero-order chi connectivity index (χ0) is 14.5. The van der Waals surface area contributed by atoms with Crippen molar-refractivity contribution >= 4 is 0 Å². The average Bonchev–Trinajstić information content (AvgIpc) is 3.21. The molecule has 1 saturated carbocycles. The second kappa shape index (κ2) is 7.77. The topological polar surface area (TPSA) is 24.5 Å². The van der Waals surface area contributed by atoms with Crippen LogP contribution in [0.15, 0.2) is 0 Å². The maximum Gasteiger partial charge on any atom is 0.0489 e. The molecule has 0 amide bonds. The molecule has 0 spiro atoms. The number of rotatable bonds is 8. The molecule has 2 fully saturated rings. The first-order valence-electron chi connectivity index (χ1n) is 8.63.